The molecule has 0 spiro atoms. The highest BCUT2D eigenvalue weighted by molar-refractivity contribution is 6.31. The first-order valence-corrected chi connectivity index (χ1v) is 7.82. The molecule has 23 heavy (non-hydrogen) atoms. The third kappa shape index (κ3) is 3.90. The van der Waals surface area contributed by atoms with Crippen LogP contribution in [0.1, 0.15) is 24.1 Å². The third-order valence-corrected chi connectivity index (χ3v) is 3.74. The Hall–Kier alpha value is -2.34. The largest absolute Gasteiger partial charge is 0.353 e. The highest BCUT2D eigenvalue weighted by atomic mass is 35.5. The van der Waals surface area contributed by atoms with Gasteiger partial charge in [0.1, 0.15) is 5.82 Å². The predicted octanol–water partition coefficient (Wildman–Crippen LogP) is 2.54. The van der Waals surface area contributed by atoms with E-state index >= 15 is 0 Å². The summed E-state index contributed by atoms with van der Waals surface area (Å²) < 4.78 is 0. The fourth-order valence-corrected chi connectivity index (χ4v) is 2.71. The molecule has 1 atom stereocenters. The molecule has 0 saturated heterocycles. The third-order valence-electron chi connectivity index (χ3n) is 3.50. The van der Waals surface area contributed by atoms with Crippen molar-refractivity contribution in [1.82, 2.24) is 25.5 Å². The van der Waals surface area contributed by atoms with Gasteiger partial charge in [-0.1, -0.05) is 11.6 Å². The van der Waals surface area contributed by atoms with Crippen LogP contribution in [0.5, 0.6) is 0 Å². The maximum absolute atomic E-state index is 12.1. The zero-order chi connectivity index (χ0) is 16.4. The molecule has 1 amide bonds. The zero-order valence-corrected chi connectivity index (χ0v) is 13.7. The van der Waals surface area contributed by atoms with E-state index in [0.717, 1.165) is 22.4 Å². The van der Waals surface area contributed by atoms with Crippen molar-refractivity contribution in [3.05, 3.63) is 46.5 Å². The van der Waals surface area contributed by atoms with Crippen LogP contribution in [-0.2, 0) is 17.6 Å². The smallest absolute Gasteiger partial charge is 0.227 e. The first-order chi connectivity index (χ1) is 11.0. The van der Waals surface area contributed by atoms with Crippen LogP contribution >= 0.6 is 11.6 Å². The molecule has 0 saturated carbocycles. The number of hydrogen-bond donors (Lipinski definition) is 3. The van der Waals surface area contributed by atoms with E-state index in [-0.39, 0.29) is 18.4 Å². The first-order valence-electron chi connectivity index (χ1n) is 7.44. The van der Waals surface area contributed by atoms with Crippen molar-refractivity contribution in [3.8, 4) is 0 Å². The molecule has 1 aromatic carbocycles. The molecular weight excluding hydrogens is 314 g/mol. The van der Waals surface area contributed by atoms with E-state index in [2.05, 4.69) is 25.5 Å². The summed E-state index contributed by atoms with van der Waals surface area (Å²) in [6, 6.07) is 7.39. The molecule has 0 unspecified atom stereocenters. The average Bonchev–Trinajstić information content (AvgIpc) is 3.03. The number of carbonyl (C=O) groups is 1. The molecule has 2 aromatic heterocycles. The van der Waals surface area contributed by atoms with Crippen molar-refractivity contribution < 1.29 is 4.79 Å². The number of amides is 1. The maximum Gasteiger partial charge on any atom is 0.227 e. The molecule has 6 nitrogen and oxygen atoms in total. The van der Waals surface area contributed by atoms with Gasteiger partial charge in [-0.3, -0.25) is 9.89 Å². The molecule has 7 heteroatoms. The zero-order valence-electron chi connectivity index (χ0n) is 13.0. The van der Waals surface area contributed by atoms with Gasteiger partial charge in [-0.2, -0.15) is 5.10 Å². The molecule has 0 fully saturated rings. The lowest BCUT2D eigenvalue weighted by atomic mass is 10.1. The number of halogens is 1. The number of H-pyrrole nitrogens is 2. The van der Waals surface area contributed by atoms with E-state index < -0.39 is 0 Å². The minimum Gasteiger partial charge on any atom is -0.353 e. The monoisotopic (exact) mass is 331 g/mol. The molecular formula is C16H18ClN5O. The van der Waals surface area contributed by atoms with Crippen molar-refractivity contribution in [2.75, 3.05) is 0 Å². The summed E-state index contributed by atoms with van der Waals surface area (Å²) in [5.41, 5.74) is 3.59. The fourth-order valence-electron chi connectivity index (χ4n) is 2.54. The van der Waals surface area contributed by atoms with E-state index in [9.17, 15) is 4.79 Å². The molecule has 2 heterocycles. The normalized spacial score (nSPS) is 12.5. The minimum atomic E-state index is -0.0742. The lowest BCUT2D eigenvalue weighted by molar-refractivity contribution is -0.121. The molecule has 0 bridgehead atoms. The molecule has 3 rings (SSSR count). The van der Waals surface area contributed by atoms with Gasteiger partial charge in [-0.05, 0) is 38.1 Å². The summed E-state index contributed by atoms with van der Waals surface area (Å²) >= 11 is 5.95. The van der Waals surface area contributed by atoms with Gasteiger partial charge in [0.25, 0.3) is 0 Å². The number of carbonyl (C=O) groups excluding carboxylic acids is 1. The highest BCUT2D eigenvalue weighted by Gasteiger charge is 2.12. The Labute approximate surface area is 138 Å². The standard InChI is InChI=1S/C16H18ClN5O/c1-9(5-12-6-10(2)21-22-12)18-16(23)8-15-19-13-4-3-11(17)7-14(13)20-15/h3-4,6-7,9H,5,8H2,1-2H3,(H,18,23)(H,19,20)(H,21,22)/t9-/m1/s1. The fraction of sp³-hybridized carbons (Fsp3) is 0.312. The van der Waals surface area contributed by atoms with E-state index in [1.807, 2.05) is 26.0 Å². The number of nitrogens with zero attached hydrogens (tertiary/aromatic N) is 2. The Kier molecular flexibility index (Phi) is 4.34. The quantitative estimate of drug-likeness (QED) is 0.671. The van der Waals surface area contributed by atoms with Crippen LogP contribution < -0.4 is 5.32 Å². The van der Waals surface area contributed by atoms with Crippen LogP contribution in [0.15, 0.2) is 24.3 Å². The van der Waals surface area contributed by atoms with Crippen molar-refractivity contribution in [3.63, 3.8) is 0 Å². The van der Waals surface area contributed by atoms with Gasteiger partial charge in [-0.25, -0.2) is 4.98 Å². The Morgan fingerprint density at radius 1 is 1.39 bits per heavy atom. The second kappa shape index (κ2) is 6.42. The Morgan fingerprint density at radius 3 is 2.96 bits per heavy atom. The van der Waals surface area contributed by atoms with Crippen LogP contribution in [0.25, 0.3) is 11.0 Å². The molecule has 0 aliphatic rings. The van der Waals surface area contributed by atoms with Crippen molar-refractivity contribution in [2.45, 2.75) is 32.7 Å². The van der Waals surface area contributed by atoms with Crippen LogP contribution in [0, 0.1) is 6.92 Å². The number of imidazole rings is 1. The summed E-state index contributed by atoms with van der Waals surface area (Å²) in [7, 11) is 0. The first kappa shape index (κ1) is 15.6. The molecule has 120 valence electrons. The van der Waals surface area contributed by atoms with E-state index in [4.69, 9.17) is 11.6 Å². The molecule has 0 radical (unpaired) electrons. The molecule has 3 aromatic rings. The van der Waals surface area contributed by atoms with E-state index in [0.29, 0.717) is 17.3 Å². The number of aromatic nitrogens is 4. The van der Waals surface area contributed by atoms with Gasteiger partial charge in [0.2, 0.25) is 5.91 Å². The van der Waals surface area contributed by atoms with Crippen LogP contribution in [0.3, 0.4) is 0 Å². The predicted molar refractivity (Wildman–Crippen MR) is 89.4 cm³/mol. The summed E-state index contributed by atoms with van der Waals surface area (Å²) in [5.74, 6) is 0.553. The molecule has 3 N–H and O–H groups in total. The number of hydrogen-bond acceptors (Lipinski definition) is 3. The lowest BCUT2D eigenvalue weighted by Gasteiger charge is -2.11. The average molecular weight is 332 g/mol. The highest BCUT2D eigenvalue weighted by Crippen LogP contribution is 2.17. The lowest BCUT2D eigenvalue weighted by Crippen LogP contribution is -2.35. The summed E-state index contributed by atoms with van der Waals surface area (Å²) in [5, 5.41) is 10.7. The second-order valence-electron chi connectivity index (χ2n) is 5.74. The topological polar surface area (TPSA) is 86.5 Å². The summed E-state index contributed by atoms with van der Waals surface area (Å²) in [4.78, 5) is 19.7. The Morgan fingerprint density at radius 2 is 2.22 bits per heavy atom. The van der Waals surface area contributed by atoms with Crippen LogP contribution in [0.2, 0.25) is 5.02 Å². The number of benzene rings is 1. The number of rotatable bonds is 5. The van der Waals surface area contributed by atoms with Crippen molar-refractivity contribution in [2.24, 2.45) is 0 Å². The van der Waals surface area contributed by atoms with Gasteiger partial charge in [0.05, 0.1) is 23.1 Å². The second-order valence-corrected chi connectivity index (χ2v) is 6.17. The molecule has 0 aliphatic heterocycles. The number of aryl methyl sites for hydroxylation is 1. The summed E-state index contributed by atoms with van der Waals surface area (Å²) in [6.07, 6.45) is 0.891. The maximum atomic E-state index is 12.1. The van der Waals surface area contributed by atoms with Crippen molar-refractivity contribution in [1.29, 1.82) is 0 Å². The van der Waals surface area contributed by atoms with E-state index in [1.165, 1.54) is 0 Å². The number of nitrogens with one attached hydrogen (secondary N) is 3. The number of aromatic amines is 2. The van der Waals surface area contributed by atoms with Gasteiger partial charge in [0.15, 0.2) is 0 Å². The van der Waals surface area contributed by atoms with Crippen molar-refractivity contribution >= 4 is 28.5 Å². The van der Waals surface area contributed by atoms with Gasteiger partial charge in [0, 0.05) is 23.2 Å². The van der Waals surface area contributed by atoms with Gasteiger partial charge >= 0.3 is 0 Å². The van der Waals surface area contributed by atoms with Crippen LogP contribution in [0.4, 0.5) is 0 Å². The van der Waals surface area contributed by atoms with E-state index in [1.54, 1.807) is 12.1 Å². The van der Waals surface area contributed by atoms with Gasteiger partial charge in [-0.15, -0.1) is 0 Å². The minimum absolute atomic E-state index is 0.00372. The molecule has 0 aliphatic carbocycles. The SMILES string of the molecule is Cc1cc(C[C@@H](C)NC(=O)Cc2nc3ccc(Cl)cc3[nH]2)n[nH]1. The Bertz CT molecular complexity index is 838. The van der Waals surface area contributed by atoms with Gasteiger partial charge < -0.3 is 10.3 Å². The Balaban J connectivity index is 1.59. The van der Waals surface area contributed by atoms with Crippen LogP contribution in [-0.4, -0.2) is 32.1 Å². The number of fused-ring (bicyclic) bond motifs is 1. The summed E-state index contributed by atoms with van der Waals surface area (Å²) in [6.45, 7) is 3.91.